The van der Waals surface area contributed by atoms with Crippen molar-refractivity contribution in [3.63, 3.8) is 0 Å². The van der Waals surface area contributed by atoms with Crippen molar-refractivity contribution in [1.82, 2.24) is 0 Å². The van der Waals surface area contributed by atoms with Crippen molar-refractivity contribution in [2.75, 3.05) is 7.11 Å². The summed E-state index contributed by atoms with van der Waals surface area (Å²) in [5.74, 6) is 0.911. The fourth-order valence-corrected chi connectivity index (χ4v) is 9.46. The second-order valence-electron chi connectivity index (χ2n) is 27.9. The standard InChI is InChI=1S/C25H32O2.C24H30O3.C24H30O2/c1-9-19-13-18(15-21(23(19)27)25(6,7)8)11-10-17-12-16(2)22(26)20(14-17)24(3,4)5;1-15-11-16(12-18(21(15)25)23(2,3)4)9-10-17-13-19(24(5,6)7)22(26)20(14-17)27-8;1-15-11-17(13-19(21(15)25)23(3,4)5)9-10-18-12-16(2)22(26)20(14-18)24(6,7)8/h10-15H,9H2,1-8H3;9-14H,1-8H3;9-14H,1-8H3/b17-10-,18-11-;16-9-,17-10+;17-9-,18-10-. The first-order chi connectivity index (χ1) is 36.5. The molecule has 7 heteroatoms. The molecule has 0 aromatic heterocycles. The zero-order valence-electron chi connectivity index (χ0n) is 53.0. The molecule has 0 saturated carbocycles. The van der Waals surface area contributed by atoms with Crippen LogP contribution >= 0.6 is 0 Å². The highest BCUT2D eigenvalue weighted by Gasteiger charge is 2.33. The molecule has 7 nitrogen and oxygen atoms in total. The maximum Gasteiger partial charge on any atom is 0.224 e. The van der Waals surface area contributed by atoms with Crippen LogP contribution in [0.4, 0.5) is 0 Å². The van der Waals surface area contributed by atoms with Crippen LogP contribution in [-0.4, -0.2) is 41.8 Å². The van der Waals surface area contributed by atoms with Crippen molar-refractivity contribution in [3.8, 4) is 0 Å². The Labute approximate surface area is 481 Å². The molecular formula is C73H92O7. The van der Waals surface area contributed by atoms with Crippen LogP contribution < -0.4 is 0 Å². The second-order valence-corrected chi connectivity index (χ2v) is 27.9. The first-order valence-corrected chi connectivity index (χ1v) is 28.1. The number of carbonyl (C=O) groups excluding carboxylic acids is 6. The molecule has 0 aliphatic heterocycles. The number of ketones is 6. The fraction of sp³-hybridized carbons (Fsp3) is 0.425. The molecule has 0 fully saturated rings. The molecule has 0 atom stereocenters. The van der Waals surface area contributed by atoms with E-state index in [-0.39, 0.29) is 67.2 Å². The SMILES string of the molecule is CC1=C/C(=C/C=C2/C=C(C)C(=O)C(C(C)(C)C)=C2)C=C(C(C)(C)C)C1=O.CCC1=C/C(=C/C=C2/C=C(C)C(=O)C(C(C)(C)C)=C2)C=C(C(C)(C)C)C1=O.COC1=C/C(=C/C=C2/C=C(C)C(=O)C(C(C)(C)C)=C2)C=C(C(C)(C)C)C1=O. The molecule has 0 amide bonds. The summed E-state index contributed by atoms with van der Waals surface area (Å²) in [7, 11) is 1.52. The van der Waals surface area contributed by atoms with Crippen LogP contribution in [0, 0.1) is 32.5 Å². The summed E-state index contributed by atoms with van der Waals surface area (Å²) < 4.78 is 5.28. The summed E-state index contributed by atoms with van der Waals surface area (Å²) in [4.78, 5) is 74.9. The van der Waals surface area contributed by atoms with Gasteiger partial charge in [-0.1, -0.05) is 168 Å². The Bertz CT molecular complexity index is 3010. The van der Waals surface area contributed by atoms with Gasteiger partial charge in [0.05, 0.1) is 7.11 Å². The molecule has 0 radical (unpaired) electrons. The first kappa shape index (κ1) is 65.7. The van der Waals surface area contributed by atoms with Gasteiger partial charge in [-0.3, -0.25) is 28.8 Å². The van der Waals surface area contributed by atoms with Gasteiger partial charge in [-0.05, 0) is 195 Å². The molecule has 0 heterocycles. The Kier molecular flexibility index (Phi) is 20.4. The molecule has 0 spiro atoms. The second kappa shape index (κ2) is 24.9. The van der Waals surface area contributed by atoms with Gasteiger partial charge in [-0.25, -0.2) is 0 Å². The molecule has 6 aliphatic carbocycles. The van der Waals surface area contributed by atoms with Crippen molar-refractivity contribution >= 4 is 34.7 Å². The lowest BCUT2D eigenvalue weighted by Crippen LogP contribution is -2.22. The van der Waals surface area contributed by atoms with Gasteiger partial charge in [0.25, 0.3) is 0 Å². The van der Waals surface area contributed by atoms with Crippen molar-refractivity contribution in [2.45, 2.75) is 166 Å². The Morgan fingerprint density at radius 3 is 0.713 bits per heavy atom. The highest BCUT2D eigenvalue weighted by molar-refractivity contribution is 6.14. The molecule has 0 bridgehead atoms. The first-order valence-electron chi connectivity index (χ1n) is 28.1. The molecule has 80 heavy (non-hydrogen) atoms. The number of ether oxygens (including phenoxy) is 1. The Morgan fingerprint density at radius 1 is 0.300 bits per heavy atom. The molecule has 0 aromatic carbocycles. The number of hydrogen-bond acceptors (Lipinski definition) is 7. The van der Waals surface area contributed by atoms with Crippen molar-refractivity contribution < 1.29 is 33.5 Å². The third-order valence-electron chi connectivity index (χ3n) is 14.3. The van der Waals surface area contributed by atoms with E-state index >= 15 is 0 Å². The summed E-state index contributed by atoms with van der Waals surface area (Å²) in [6, 6.07) is 0. The summed E-state index contributed by atoms with van der Waals surface area (Å²) in [5, 5.41) is 0. The van der Waals surface area contributed by atoms with Gasteiger partial charge in [-0.15, -0.1) is 0 Å². The average Bonchev–Trinajstić information content (AvgIpc) is 3.32. The predicted octanol–water partition coefficient (Wildman–Crippen LogP) is 17.5. The number of methoxy groups -OCH3 is 1. The van der Waals surface area contributed by atoms with Gasteiger partial charge in [0, 0.05) is 39.0 Å². The normalized spacial score (nSPS) is 22.0. The van der Waals surface area contributed by atoms with Crippen molar-refractivity contribution in [1.29, 1.82) is 0 Å². The highest BCUT2D eigenvalue weighted by Crippen LogP contribution is 2.39. The third kappa shape index (κ3) is 16.8. The highest BCUT2D eigenvalue weighted by atomic mass is 16.5. The summed E-state index contributed by atoms with van der Waals surface area (Å²) >= 11 is 0. The lowest BCUT2D eigenvalue weighted by Gasteiger charge is -2.26. The topological polar surface area (TPSA) is 112 Å². The Morgan fingerprint density at radius 2 is 0.500 bits per heavy atom. The molecule has 0 unspecified atom stereocenters. The average molecular weight is 1080 g/mol. The lowest BCUT2D eigenvalue weighted by atomic mass is 9.77. The van der Waals surface area contributed by atoms with Crippen molar-refractivity contribution in [2.24, 2.45) is 32.5 Å². The zero-order valence-corrected chi connectivity index (χ0v) is 53.0. The predicted molar refractivity (Wildman–Crippen MR) is 332 cm³/mol. The summed E-state index contributed by atoms with van der Waals surface area (Å²) in [6.07, 6.45) is 36.0. The van der Waals surface area contributed by atoms with Crippen LogP contribution in [0.1, 0.15) is 166 Å². The van der Waals surface area contributed by atoms with E-state index < -0.39 is 0 Å². The van der Waals surface area contributed by atoms with E-state index in [2.05, 4.69) is 83.1 Å². The number of allylic oxidation sites excluding steroid dienone is 35. The monoisotopic (exact) mass is 1080 g/mol. The van der Waals surface area contributed by atoms with Gasteiger partial charge in [-0.2, -0.15) is 0 Å². The van der Waals surface area contributed by atoms with Gasteiger partial charge in [0.15, 0.2) is 34.7 Å². The van der Waals surface area contributed by atoms with E-state index in [1.54, 1.807) is 6.08 Å². The molecule has 426 valence electrons. The quantitative estimate of drug-likeness (QED) is 0.270. The van der Waals surface area contributed by atoms with E-state index in [0.29, 0.717) is 5.76 Å². The third-order valence-corrected chi connectivity index (χ3v) is 14.3. The summed E-state index contributed by atoms with van der Waals surface area (Å²) in [5.41, 5.74) is 13.5. The smallest absolute Gasteiger partial charge is 0.224 e. The van der Waals surface area contributed by atoms with E-state index in [0.717, 1.165) is 101 Å². The number of carbonyl (C=O) groups is 6. The van der Waals surface area contributed by atoms with Crippen LogP contribution in [0.5, 0.6) is 0 Å². The van der Waals surface area contributed by atoms with E-state index in [1.165, 1.54) is 7.11 Å². The molecule has 6 rings (SSSR count). The minimum absolute atomic E-state index is 0.0660. The Balaban J connectivity index is 0.000000258. The van der Waals surface area contributed by atoms with Gasteiger partial charge >= 0.3 is 0 Å². The van der Waals surface area contributed by atoms with Gasteiger partial charge < -0.3 is 4.74 Å². The van der Waals surface area contributed by atoms with E-state index in [1.807, 2.05) is 179 Å². The maximum atomic E-state index is 12.7. The summed E-state index contributed by atoms with van der Waals surface area (Å²) in [6.45, 7) is 46.4. The lowest BCUT2D eigenvalue weighted by molar-refractivity contribution is -0.116. The molecule has 6 aliphatic rings. The maximum absolute atomic E-state index is 12.7. The van der Waals surface area contributed by atoms with Crippen LogP contribution in [0.25, 0.3) is 0 Å². The van der Waals surface area contributed by atoms with E-state index in [4.69, 9.17) is 4.74 Å². The minimum Gasteiger partial charge on any atom is -0.493 e. The zero-order chi connectivity index (χ0) is 61.0. The van der Waals surface area contributed by atoms with Crippen LogP contribution in [-0.2, 0) is 33.5 Å². The van der Waals surface area contributed by atoms with Gasteiger partial charge in [0.2, 0.25) is 5.78 Å². The molecule has 0 saturated heterocycles. The number of rotatable bonds is 5. The molecule has 0 N–H and O–H groups in total. The Hall–Kier alpha value is -6.86. The fourth-order valence-electron chi connectivity index (χ4n) is 9.46. The van der Waals surface area contributed by atoms with Gasteiger partial charge in [0.1, 0.15) is 0 Å². The van der Waals surface area contributed by atoms with Crippen molar-refractivity contribution in [3.05, 3.63) is 210 Å². The molecular weight excluding hydrogens is 989 g/mol. The largest absolute Gasteiger partial charge is 0.493 e. The molecule has 0 aromatic rings. The number of Topliss-reactive ketones (excluding diaryl/α,β-unsaturated/α-hetero) is 6. The van der Waals surface area contributed by atoms with Crippen LogP contribution in [0.2, 0.25) is 0 Å². The van der Waals surface area contributed by atoms with Crippen LogP contribution in [0.3, 0.4) is 0 Å². The van der Waals surface area contributed by atoms with E-state index in [9.17, 15) is 28.8 Å². The van der Waals surface area contributed by atoms with Crippen LogP contribution in [0.15, 0.2) is 210 Å². The number of hydrogen-bond donors (Lipinski definition) is 0. The minimum atomic E-state index is -0.269.